The monoisotopic (exact) mass is 355 g/mol. The molecule has 0 amide bonds. The fourth-order valence-corrected chi connectivity index (χ4v) is 3.13. The molecule has 0 radical (unpaired) electrons. The van der Waals surface area contributed by atoms with Crippen LogP contribution in [0.3, 0.4) is 0 Å². The Bertz CT molecular complexity index is 762. The second kappa shape index (κ2) is 7.14. The fraction of sp³-hybridized carbons (Fsp3) is 0.429. The van der Waals surface area contributed by atoms with E-state index in [9.17, 15) is 4.39 Å². The topological polar surface area (TPSA) is 21.7 Å². The average Bonchev–Trinajstić information content (AvgIpc) is 2.75. The van der Waals surface area contributed by atoms with Crippen LogP contribution in [0, 0.1) is 5.82 Å². The predicted octanol–water partition coefficient (Wildman–Crippen LogP) is 3.76. The van der Waals surface area contributed by atoms with Gasteiger partial charge in [-0.25, -0.2) is 4.39 Å². The van der Waals surface area contributed by atoms with Crippen LogP contribution in [-0.4, -0.2) is 30.3 Å². The van der Waals surface area contributed by atoms with Crippen molar-refractivity contribution < 1.29 is 13.7 Å². The van der Waals surface area contributed by atoms with Gasteiger partial charge in [0.1, 0.15) is 5.82 Å². The molecule has 1 heterocycles. The number of rotatable bonds is 5. The molecule has 3 nitrogen and oxygen atoms in total. The molecule has 1 aliphatic heterocycles. The molecule has 0 unspecified atom stereocenters. The first-order valence-electron chi connectivity index (χ1n) is 9.04. The molecule has 3 rings (SSSR count). The van der Waals surface area contributed by atoms with E-state index in [1.165, 1.54) is 11.6 Å². The molecule has 2 aromatic rings. The van der Waals surface area contributed by atoms with Gasteiger partial charge in [0.25, 0.3) is 0 Å². The summed E-state index contributed by atoms with van der Waals surface area (Å²) in [7, 11) is 1.68. The van der Waals surface area contributed by atoms with Crippen LogP contribution in [0.4, 0.5) is 4.39 Å². The second-order valence-electron chi connectivity index (χ2n) is 8.14. The Morgan fingerprint density at radius 3 is 2.00 bits per heavy atom. The second-order valence-corrected chi connectivity index (χ2v) is 8.14. The molecule has 138 valence electrons. The molecule has 0 bridgehead atoms. The first-order valence-corrected chi connectivity index (χ1v) is 9.04. The van der Waals surface area contributed by atoms with Crippen LogP contribution in [0.2, 0.25) is 0 Å². The summed E-state index contributed by atoms with van der Waals surface area (Å²) in [5.41, 5.74) is 2.48. The zero-order valence-corrected chi connectivity index (χ0v) is 16.3. The van der Waals surface area contributed by atoms with Gasteiger partial charge in [-0.2, -0.15) is 0 Å². The van der Waals surface area contributed by atoms with Gasteiger partial charge in [0, 0.05) is 13.1 Å². The zero-order chi connectivity index (χ0) is 18.9. The average molecular weight is 355 g/mol. The lowest BCUT2D eigenvalue weighted by atomic mass is 9.78. The van der Waals surface area contributed by atoms with Gasteiger partial charge in [-0.1, -0.05) is 36.4 Å². The third-order valence-electron chi connectivity index (χ3n) is 5.27. The summed E-state index contributed by atoms with van der Waals surface area (Å²) < 4.78 is 25.6. The van der Waals surface area contributed by atoms with Gasteiger partial charge in [-0.3, -0.25) is 4.90 Å². The smallest absolute Gasteiger partial charge is 0.399 e. The Morgan fingerprint density at radius 2 is 1.42 bits per heavy atom. The predicted molar refractivity (Wildman–Crippen MR) is 104 cm³/mol. The SMILES string of the molecule is CN(Cc1cccc(F)c1)Cc1cccc(B2OC(C)(C)C(C)(C)O2)c1. The van der Waals surface area contributed by atoms with Crippen LogP contribution >= 0.6 is 0 Å². The lowest BCUT2D eigenvalue weighted by Gasteiger charge is -2.32. The van der Waals surface area contributed by atoms with Gasteiger partial charge in [-0.15, -0.1) is 0 Å². The Morgan fingerprint density at radius 1 is 0.885 bits per heavy atom. The van der Waals surface area contributed by atoms with Crippen LogP contribution < -0.4 is 5.46 Å². The summed E-state index contributed by atoms with van der Waals surface area (Å²) in [5.74, 6) is -0.196. The highest BCUT2D eigenvalue weighted by atomic mass is 19.1. The summed E-state index contributed by atoms with van der Waals surface area (Å²) in [5, 5.41) is 0. The molecule has 1 saturated heterocycles. The molecule has 0 spiro atoms. The highest BCUT2D eigenvalue weighted by molar-refractivity contribution is 6.62. The fourth-order valence-electron chi connectivity index (χ4n) is 3.13. The molecule has 0 saturated carbocycles. The number of hydrogen-bond donors (Lipinski definition) is 0. The van der Waals surface area contributed by atoms with E-state index in [2.05, 4.69) is 44.7 Å². The molecule has 26 heavy (non-hydrogen) atoms. The normalized spacial score (nSPS) is 18.5. The van der Waals surface area contributed by atoms with Gasteiger partial charge in [0.2, 0.25) is 0 Å². The largest absolute Gasteiger partial charge is 0.494 e. The molecule has 0 aromatic heterocycles. The van der Waals surface area contributed by atoms with E-state index in [4.69, 9.17) is 9.31 Å². The van der Waals surface area contributed by atoms with E-state index in [0.29, 0.717) is 6.54 Å². The van der Waals surface area contributed by atoms with Crippen molar-refractivity contribution in [1.29, 1.82) is 0 Å². The first kappa shape index (κ1) is 19.1. The van der Waals surface area contributed by atoms with E-state index >= 15 is 0 Å². The third kappa shape index (κ3) is 4.17. The lowest BCUT2D eigenvalue weighted by Crippen LogP contribution is -2.41. The van der Waals surface area contributed by atoms with E-state index in [0.717, 1.165) is 17.6 Å². The Labute approximate surface area is 156 Å². The molecular weight excluding hydrogens is 328 g/mol. The van der Waals surface area contributed by atoms with Gasteiger partial charge >= 0.3 is 7.12 Å². The van der Waals surface area contributed by atoms with Crippen molar-refractivity contribution in [3.63, 3.8) is 0 Å². The summed E-state index contributed by atoms with van der Waals surface area (Å²) in [4.78, 5) is 2.16. The Hall–Kier alpha value is -1.69. The van der Waals surface area contributed by atoms with E-state index < -0.39 is 0 Å². The van der Waals surface area contributed by atoms with Gasteiger partial charge in [0.05, 0.1) is 11.2 Å². The van der Waals surface area contributed by atoms with Crippen molar-refractivity contribution in [2.45, 2.75) is 52.0 Å². The standard InChI is InChI=1S/C21H27BFNO2/c1-20(2)21(3,4)26-22(25-20)18-10-6-8-16(12-18)14-24(5)15-17-9-7-11-19(23)13-17/h6-13H,14-15H2,1-5H3. The van der Waals surface area contributed by atoms with E-state index in [-0.39, 0.29) is 24.1 Å². The minimum atomic E-state index is -0.353. The quantitative estimate of drug-likeness (QED) is 0.763. The van der Waals surface area contributed by atoms with Crippen molar-refractivity contribution in [1.82, 2.24) is 4.90 Å². The minimum absolute atomic E-state index is 0.196. The minimum Gasteiger partial charge on any atom is -0.399 e. The maximum atomic E-state index is 13.3. The van der Waals surface area contributed by atoms with Crippen LogP contribution in [-0.2, 0) is 22.4 Å². The Balaban J connectivity index is 1.68. The summed E-state index contributed by atoms with van der Waals surface area (Å²) >= 11 is 0. The summed E-state index contributed by atoms with van der Waals surface area (Å²) in [6.07, 6.45) is 0. The van der Waals surface area contributed by atoms with Crippen LogP contribution in [0.5, 0.6) is 0 Å². The Kier molecular flexibility index (Phi) is 5.24. The number of nitrogens with zero attached hydrogens (tertiary/aromatic N) is 1. The van der Waals surface area contributed by atoms with Crippen LogP contribution in [0.1, 0.15) is 38.8 Å². The van der Waals surface area contributed by atoms with Crippen molar-refractivity contribution >= 4 is 12.6 Å². The zero-order valence-electron chi connectivity index (χ0n) is 16.3. The van der Waals surface area contributed by atoms with Gasteiger partial charge in [0.15, 0.2) is 0 Å². The van der Waals surface area contributed by atoms with Crippen molar-refractivity contribution in [2.75, 3.05) is 7.05 Å². The van der Waals surface area contributed by atoms with Gasteiger partial charge < -0.3 is 9.31 Å². The number of hydrogen-bond acceptors (Lipinski definition) is 3. The summed E-state index contributed by atoms with van der Waals surface area (Å²) in [6, 6.07) is 15.0. The third-order valence-corrected chi connectivity index (χ3v) is 5.27. The molecule has 0 N–H and O–H groups in total. The maximum absolute atomic E-state index is 13.3. The highest BCUT2D eigenvalue weighted by Gasteiger charge is 2.51. The number of benzene rings is 2. The van der Waals surface area contributed by atoms with Crippen molar-refractivity contribution in [3.05, 3.63) is 65.5 Å². The molecule has 0 atom stereocenters. The molecule has 0 aliphatic carbocycles. The molecule has 1 fully saturated rings. The number of halogens is 1. The van der Waals surface area contributed by atoms with E-state index in [1.807, 2.05) is 25.2 Å². The van der Waals surface area contributed by atoms with Crippen molar-refractivity contribution in [2.24, 2.45) is 0 Å². The molecule has 5 heteroatoms. The van der Waals surface area contributed by atoms with Gasteiger partial charge in [-0.05, 0) is 63.5 Å². The maximum Gasteiger partial charge on any atom is 0.494 e. The first-order chi connectivity index (χ1) is 12.2. The summed E-state index contributed by atoms with van der Waals surface area (Å²) in [6.45, 7) is 9.70. The van der Waals surface area contributed by atoms with Crippen LogP contribution in [0.25, 0.3) is 0 Å². The molecule has 2 aromatic carbocycles. The molecule has 1 aliphatic rings. The lowest BCUT2D eigenvalue weighted by molar-refractivity contribution is 0.00578. The molecular formula is C21H27BFNO2. The van der Waals surface area contributed by atoms with Crippen LogP contribution in [0.15, 0.2) is 48.5 Å². The van der Waals surface area contributed by atoms with E-state index in [1.54, 1.807) is 12.1 Å². The highest BCUT2D eigenvalue weighted by Crippen LogP contribution is 2.36. The van der Waals surface area contributed by atoms with Crippen molar-refractivity contribution in [3.8, 4) is 0 Å².